The largest absolute Gasteiger partial charge is 0.456 e. The van der Waals surface area contributed by atoms with Gasteiger partial charge in [0.05, 0.1) is 28.0 Å². The summed E-state index contributed by atoms with van der Waals surface area (Å²) in [7, 11) is 0. The molecule has 0 aliphatic carbocycles. The van der Waals surface area contributed by atoms with E-state index in [2.05, 4.69) is 10.6 Å². The molecule has 0 aromatic heterocycles. The zero-order valence-corrected chi connectivity index (χ0v) is 18.5. The van der Waals surface area contributed by atoms with Crippen molar-refractivity contribution in [2.24, 2.45) is 0 Å². The molecule has 0 spiro atoms. The molecular weight excluding hydrogens is 438 g/mol. The predicted octanol–water partition coefficient (Wildman–Crippen LogP) is 3.89. The van der Waals surface area contributed by atoms with E-state index in [0.717, 1.165) is 16.0 Å². The summed E-state index contributed by atoms with van der Waals surface area (Å²) in [6.07, 6.45) is 1.97. The number of anilines is 1. The molecule has 2 N–H and O–H groups in total. The summed E-state index contributed by atoms with van der Waals surface area (Å²) >= 11 is 7.78. The number of urea groups is 1. The Balaban J connectivity index is 1.58. The van der Waals surface area contributed by atoms with E-state index in [9.17, 15) is 14.4 Å². The summed E-state index contributed by atoms with van der Waals surface area (Å²) in [4.78, 5) is 40.2. The number of rotatable bonds is 5. The van der Waals surface area contributed by atoms with Crippen LogP contribution in [0.4, 0.5) is 10.5 Å². The van der Waals surface area contributed by atoms with Gasteiger partial charge >= 0.3 is 12.0 Å². The van der Waals surface area contributed by atoms with Crippen molar-refractivity contribution in [1.29, 1.82) is 0 Å². The molecule has 4 rings (SSSR count). The average Bonchev–Trinajstić information content (AvgIpc) is 3.13. The lowest BCUT2D eigenvalue weighted by molar-refractivity contribution is -0.136. The number of thioether (sulfide) groups is 1. The number of carbonyl (C=O) groups excluding carboxylic acids is 3. The first kappa shape index (κ1) is 21.3. The van der Waals surface area contributed by atoms with Crippen LogP contribution >= 0.6 is 23.4 Å². The molecule has 31 heavy (non-hydrogen) atoms. The zero-order chi connectivity index (χ0) is 22.1. The number of ether oxygens (including phenoxy) is 1. The molecule has 0 radical (unpaired) electrons. The van der Waals surface area contributed by atoms with Crippen molar-refractivity contribution in [2.75, 3.05) is 24.7 Å². The molecule has 9 heteroatoms. The fraction of sp³-hybridized carbons (Fsp3) is 0.227. The Kier molecular flexibility index (Phi) is 5.93. The third kappa shape index (κ3) is 4.26. The van der Waals surface area contributed by atoms with Crippen LogP contribution in [0.3, 0.4) is 0 Å². The Bertz CT molecular complexity index is 1100. The van der Waals surface area contributed by atoms with E-state index in [0.29, 0.717) is 22.0 Å². The van der Waals surface area contributed by atoms with Gasteiger partial charge in [0.25, 0.3) is 0 Å². The Labute approximate surface area is 188 Å². The molecule has 0 saturated heterocycles. The normalized spacial score (nSPS) is 17.9. The monoisotopic (exact) mass is 457 g/mol. The number of nitrogens with one attached hydrogen (secondary N) is 2. The van der Waals surface area contributed by atoms with Crippen LogP contribution in [0.1, 0.15) is 17.2 Å². The van der Waals surface area contributed by atoms with Crippen LogP contribution < -0.4 is 10.6 Å². The summed E-state index contributed by atoms with van der Waals surface area (Å²) in [5.41, 5.74) is 2.93. The van der Waals surface area contributed by atoms with Crippen LogP contribution in [-0.2, 0) is 14.3 Å². The minimum atomic E-state index is -0.626. The fourth-order valence-corrected chi connectivity index (χ4v) is 4.27. The molecule has 0 fully saturated rings. The van der Waals surface area contributed by atoms with Crippen molar-refractivity contribution >= 4 is 47.0 Å². The van der Waals surface area contributed by atoms with Crippen molar-refractivity contribution in [3.63, 3.8) is 0 Å². The van der Waals surface area contributed by atoms with Gasteiger partial charge in [0, 0.05) is 4.90 Å². The van der Waals surface area contributed by atoms with Gasteiger partial charge in [-0.25, -0.2) is 9.59 Å². The van der Waals surface area contributed by atoms with E-state index < -0.39 is 23.9 Å². The molecule has 160 valence electrons. The van der Waals surface area contributed by atoms with E-state index in [1.165, 1.54) is 4.90 Å². The molecule has 3 amide bonds. The van der Waals surface area contributed by atoms with Crippen LogP contribution in [0.15, 0.2) is 58.6 Å². The maximum atomic E-state index is 12.9. The molecule has 2 aromatic rings. The molecule has 0 unspecified atom stereocenters. The highest BCUT2D eigenvalue weighted by molar-refractivity contribution is 7.98. The van der Waals surface area contributed by atoms with Crippen LogP contribution in [0.25, 0.3) is 0 Å². The number of carbonyl (C=O) groups is 3. The van der Waals surface area contributed by atoms with Gasteiger partial charge in [-0.05, 0) is 48.6 Å². The second-order valence-electron chi connectivity index (χ2n) is 7.21. The summed E-state index contributed by atoms with van der Waals surface area (Å²) in [6, 6.07) is 11.8. The maximum absolute atomic E-state index is 12.9. The number of hydrogen-bond acceptors (Lipinski definition) is 5. The Morgan fingerprint density at radius 3 is 2.68 bits per heavy atom. The van der Waals surface area contributed by atoms with E-state index >= 15 is 0 Å². The fourth-order valence-electron chi connectivity index (χ4n) is 3.58. The van der Waals surface area contributed by atoms with Crippen LogP contribution in [0.2, 0.25) is 5.02 Å². The summed E-state index contributed by atoms with van der Waals surface area (Å²) in [5, 5.41) is 5.94. The van der Waals surface area contributed by atoms with Gasteiger partial charge in [-0.2, -0.15) is 0 Å². The number of amides is 3. The highest BCUT2D eigenvalue weighted by Gasteiger charge is 2.42. The van der Waals surface area contributed by atoms with E-state index in [1.807, 2.05) is 43.5 Å². The van der Waals surface area contributed by atoms with Gasteiger partial charge in [-0.1, -0.05) is 29.8 Å². The lowest BCUT2D eigenvalue weighted by atomic mass is 9.96. The van der Waals surface area contributed by atoms with E-state index in [4.69, 9.17) is 16.3 Å². The molecule has 0 saturated carbocycles. The van der Waals surface area contributed by atoms with Gasteiger partial charge < -0.3 is 15.4 Å². The lowest BCUT2D eigenvalue weighted by Gasteiger charge is -2.32. The minimum absolute atomic E-state index is 0.0560. The van der Waals surface area contributed by atoms with E-state index in [-0.39, 0.29) is 13.2 Å². The standard InChI is InChI=1S/C22H20ClN3O4S/c1-12-3-8-16(15(23)9-12)24-18(27)10-26-17-11-30-21(28)19(17)20(25-22(26)29)13-4-6-14(31-2)7-5-13/h3-9,20H,10-11H2,1-2H3,(H,24,27)(H,25,29)/t20-/m1/s1. The van der Waals surface area contributed by atoms with Crippen molar-refractivity contribution in [2.45, 2.75) is 17.9 Å². The molecule has 0 bridgehead atoms. The van der Waals surface area contributed by atoms with Gasteiger partial charge in [-0.15, -0.1) is 11.8 Å². The smallest absolute Gasteiger partial charge is 0.338 e. The Morgan fingerprint density at radius 1 is 1.26 bits per heavy atom. The molecule has 2 heterocycles. The van der Waals surface area contributed by atoms with Gasteiger partial charge in [0.1, 0.15) is 13.2 Å². The molecule has 7 nitrogen and oxygen atoms in total. The van der Waals surface area contributed by atoms with Crippen molar-refractivity contribution in [3.05, 3.63) is 69.9 Å². The number of nitrogens with zero attached hydrogens (tertiary/aromatic N) is 1. The number of aryl methyl sites for hydroxylation is 1. The van der Waals surface area contributed by atoms with Crippen LogP contribution in [0, 0.1) is 6.92 Å². The third-order valence-corrected chi connectivity index (χ3v) is 6.20. The van der Waals surface area contributed by atoms with E-state index in [1.54, 1.807) is 23.9 Å². The number of cyclic esters (lactones) is 1. The Morgan fingerprint density at radius 2 is 2.00 bits per heavy atom. The number of esters is 1. The first-order valence-corrected chi connectivity index (χ1v) is 11.2. The highest BCUT2D eigenvalue weighted by Crippen LogP contribution is 2.35. The number of halogens is 1. The predicted molar refractivity (Wildman–Crippen MR) is 119 cm³/mol. The van der Waals surface area contributed by atoms with Crippen LogP contribution in [0.5, 0.6) is 0 Å². The van der Waals surface area contributed by atoms with Gasteiger partial charge in [0.2, 0.25) is 5.91 Å². The average molecular weight is 458 g/mol. The van der Waals surface area contributed by atoms with Gasteiger partial charge in [-0.3, -0.25) is 9.69 Å². The number of hydrogen-bond donors (Lipinski definition) is 2. The topological polar surface area (TPSA) is 87.7 Å². The first-order chi connectivity index (χ1) is 14.9. The second kappa shape index (κ2) is 8.64. The van der Waals surface area contributed by atoms with Crippen molar-refractivity contribution in [3.8, 4) is 0 Å². The Hall–Kier alpha value is -2.97. The molecule has 2 aliphatic rings. The first-order valence-electron chi connectivity index (χ1n) is 9.55. The summed E-state index contributed by atoms with van der Waals surface area (Å²) < 4.78 is 5.20. The third-order valence-electron chi connectivity index (χ3n) is 5.15. The summed E-state index contributed by atoms with van der Waals surface area (Å²) in [6.45, 7) is 1.56. The van der Waals surface area contributed by atoms with Crippen molar-refractivity contribution in [1.82, 2.24) is 10.2 Å². The molecule has 2 aliphatic heterocycles. The molecule has 1 atom stereocenters. The zero-order valence-electron chi connectivity index (χ0n) is 16.9. The highest BCUT2D eigenvalue weighted by atomic mass is 35.5. The van der Waals surface area contributed by atoms with Gasteiger partial charge in [0.15, 0.2) is 0 Å². The lowest BCUT2D eigenvalue weighted by Crippen LogP contribution is -2.49. The summed E-state index contributed by atoms with van der Waals surface area (Å²) in [5.74, 6) is -0.934. The van der Waals surface area contributed by atoms with Crippen molar-refractivity contribution < 1.29 is 19.1 Å². The van der Waals surface area contributed by atoms with Crippen LogP contribution in [-0.4, -0.2) is 42.2 Å². The second-order valence-corrected chi connectivity index (χ2v) is 8.50. The SMILES string of the molecule is CSc1ccc([C@H]2NC(=O)N(CC(=O)Nc3ccc(C)cc3Cl)C3=C2C(=O)OC3)cc1. The molecule has 2 aromatic carbocycles. The maximum Gasteiger partial charge on any atom is 0.338 e. The minimum Gasteiger partial charge on any atom is -0.456 e. The number of benzene rings is 2. The molecular formula is C22H20ClN3O4S. The quantitative estimate of drug-likeness (QED) is 0.525.